The molecule has 1 aromatic carbocycles. The summed E-state index contributed by atoms with van der Waals surface area (Å²) >= 11 is 0. The number of aryl methyl sites for hydroxylation is 1. The first-order valence-corrected chi connectivity index (χ1v) is 10.8. The van der Waals surface area contributed by atoms with E-state index in [1.807, 2.05) is 12.3 Å². The van der Waals surface area contributed by atoms with Gasteiger partial charge in [-0.05, 0) is 42.7 Å². The van der Waals surface area contributed by atoms with E-state index in [1.54, 1.807) is 0 Å². The third-order valence-corrected chi connectivity index (χ3v) is 6.17. The zero-order valence-corrected chi connectivity index (χ0v) is 18.1. The Morgan fingerprint density at radius 3 is 2.68 bits per heavy atom. The van der Waals surface area contributed by atoms with Gasteiger partial charge in [-0.3, -0.25) is 4.98 Å². The van der Waals surface area contributed by atoms with Crippen molar-refractivity contribution in [1.29, 1.82) is 0 Å². The Bertz CT molecular complexity index is 1120. The van der Waals surface area contributed by atoms with Crippen molar-refractivity contribution in [2.45, 2.75) is 45.8 Å². The maximum Gasteiger partial charge on any atom is 0.407 e. The highest BCUT2D eigenvalue weighted by atomic mass is 16.6. The Morgan fingerprint density at radius 1 is 1.16 bits per heavy atom. The number of carbonyl (C=O) groups excluding carboxylic acids is 1. The summed E-state index contributed by atoms with van der Waals surface area (Å²) in [5, 5.41) is 2.83. The van der Waals surface area contributed by atoms with Gasteiger partial charge in [0.2, 0.25) is 0 Å². The van der Waals surface area contributed by atoms with Crippen molar-refractivity contribution in [3.63, 3.8) is 0 Å². The number of aromatic nitrogens is 3. The number of rotatable bonds is 4. The van der Waals surface area contributed by atoms with Crippen molar-refractivity contribution in [2.75, 3.05) is 18.1 Å². The van der Waals surface area contributed by atoms with Crippen molar-refractivity contribution in [2.24, 2.45) is 0 Å². The van der Waals surface area contributed by atoms with Crippen molar-refractivity contribution in [1.82, 2.24) is 19.9 Å². The number of ether oxygens (including phenoxy) is 1. The lowest BCUT2D eigenvalue weighted by molar-refractivity contribution is 0.177. The fraction of sp³-hybridized carbons (Fsp3) is 0.375. The second kappa shape index (κ2) is 7.72. The van der Waals surface area contributed by atoms with Crippen LogP contribution in [0.1, 0.15) is 48.6 Å². The van der Waals surface area contributed by atoms with Crippen LogP contribution in [0.2, 0.25) is 0 Å². The molecule has 0 spiro atoms. The summed E-state index contributed by atoms with van der Waals surface area (Å²) in [7, 11) is 0. The summed E-state index contributed by atoms with van der Waals surface area (Å²) < 4.78 is 7.35. The number of alkyl carbamates (subject to hydrolysis) is 1. The Hall–Kier alpha value is -3.35. The molecule has 3 aromatic rings. The van der Waals surface area contributed by atoms with Crippen LogP contribution < -0.4 is 10.2 Å². The molecular weight excluding hydrogens is 390 g/mol. The molecule has 0 saturated carbocycles. The van der Waals surface area contributed by atoms with E-state index in [1.165, 1.54) is 11.4 Å². The second-order valence-corrected chi connectivity index (χ2v) is 8.51. The van der Waals surface area contributed by atoms with E-state index in [0.29, 0.717) is 12.5 Å². The minimum atomic E-state index is -0.350. The van der Waals surface area contributed by atoms with Crippen molar-refractivity contribution >= 4 is 11.8 Å². The quantitative estimate of drug-likeness (QED) is 0.690. The molecule has 1 saturated heterocycles. The third kappa shape index (κ3) is 3.54. The Kier molecular flexibility index (Phi) is 4.88. The van der Waals surface area contributed by atoms with Gasteiger partial charge in [0.15, 0.2) is 0 Å². The van der Waals surface area contributed by atoms with Crippen LogP contribution >= 0.6 is 0 Å². The molecule has 5 rings (SSSR count). The van der Waals surface area contributed by atoms with Gasteiger partial charge in [-0.2, -0.15) is 0 Å². The minimum absolute atomic E-state index is 0.0707. The number of hydrogen-bond donors (Lipinski definition) is 1. The highest BCUT2D eigenvalue weighted by Crippen LogP contribution is 2.33. The summed E-state index contributed by atoms with van der Waals surface area (Å²) in [6, 6.07) is 12.5. The summed E-state index contributed by atoms with van der Waals surface area (Å²) in [4.78, 5) is 23.3. The van der Waals surface area contributed by atoms with Gasteiger partial charge in [0.1, 0.15) is 12.4 Å². The van der Waals surface area contributed by atoms with Gasteiger partial charge in [0, 0.05) is 30.5 Å². The number of cyclic esters (lactones) is 1. The first-order valence-electron chi connectivity index (χ1n) is 10.8. The minimum Gasteiger partial charge on any atom is -0.447 e. The summed E-state index contributed by atoms with van der Waals surface area (Å²) in [5.41, 5.74) is 6.72. The molecule has 2 aliphatic rings. The van der Waals surface area contributed by atoms with Gasteiger partial charge in [0.05, 0.1) is 29.7 Å². The number of amides is 1. The number of fused-ring (bicyclic) bond motifs is 1. The molecule has 7 heteroatoms. The van der Waals surface area contributed by atoms with E-state index in [2.05, 4.69) is 70.9 Å². The lowest BCUT2D eigenvalue weighted by atomic mass is 10.00. The zero-order chi connectivity index (χ0) is 21.5. The summed E-state index contributed by atoms with van der Waals surface area (Å²) in [6.45, 7) is 9.44. The topological polar surface area (TPSA) is 72.3 Å². The first kappa shape index (κ1) is 19.6. The third-order valence-electron chi connectivity index (χ3n) is 6.17. The number of imidazole rings is 1. The van der Waals surface area contributed by atoms with Gasteiger partial charge in [-0.15, -0.1) is 0 Å². The molecule has 1 atom stereocenters. The van der Waals surface area contributed by atoms with Gasteiger partial charge < -0.3 is 19.5 Å². The van der Waals surface area contributed by atoms with E-state index in [-0.39, 0.29) is 12.1 Å². The first-order chi connectivity index (χ1) is 15.0. The van der Waals surface area contributed by atoms with Crippen LogP contribution in [-0.4, -0.2) is 33.8 Å². The standard InChI is InChI=1S/C24H27N5O2/c1-15(2)22-19(5-4-10-25-22)23-21-13-28(11-12-29(21)16(3)26-23)18-8-6-17(7-9-18)20-14-31-24(30)27-20/h4-10,15,20H,11-14H2,1-3H3,(H,27,30). The Labute approximate surface area is 182 Å². The van der Waals surface area contributed by atoms with Crippen LogP contribution in [-0.2, 0) is 17.8 Å². The smallest absolute Gasteiger partial charge is 0.407 e. The highest BCUT2D eigenvalue weighted by molar-refractivity contribution is 5.70. The van der Waals surface area contributed by atoms with Crippen LogP contribution in [0.25, 0.3) is 11.3 Å². The lowest BCUT2D eigenvalue weighted by Gasteiger charge is -2.31. The number of anilines is 1. The van der Waals surface area contributed by atoms with Crippen LogP contribution in [0.3, 0.4) is 0 Å². The molecule has 0 radical (unpaired) electrons. The number of benzene rings is 1. The Morgan fingerprint density at radius 2 is 1.97 bits per heavy atom. The molecular formula is C24H27N5O2. The normalized spacial score (nSPS) is 18.1. The average Bonchev–Trinajstić information content (AvgIpc) is 3.37. The Balaban J connectivity index is 1.44. The van der Waals surface area contributed by atoms with Gasteiger partial charge in [0.25, 0.3) is 0 Å². The fourth-order valence-electron chi connectivity index (χ4n) is 4.54. The molecule has 1 fully saturated rings. The van der Waals surface area contributed by atoms with Crippen LogP contribution in [0.5, 0.6) is 0 Å². The van der Waals surface area contributed by atoms with Gasteiger partial charge >= 0.3 is 6.09 Å². The number of nitrogens with one attached hydrogen (secondary N) is 1. The molecule has 2 aromatic heterocycles. The molecule has 7 nitrogen and oxygen atoms in total. The molecule has 1 unspecified atom stereocenters. The summed E-state index contributed by atoms with van der Waals surface area (Å²) in [5.74, 6) is 1.39. The van der Waals surface area contributed by atoms with Gasteiger partial charge in [-0.1, -0.05) is 26.0 Å². The SMILES string of the molecule is Cc1nc(-c2cccnc2C(C)C)c2n1CCN(c1ccc(C3COC(=O)N3)cc1)C2. The molecule has 160 valence electrons. The molecule has 31 heavy (non-hydrogen) atoms. The van der Waals surface area contributed by atoms with E-state index in [4.69, 9.17) is 9.72 Å². The van der Waals surface area contributed by atoms with E-state index in [0.717, 1.165) is 48.0 Å². The van der Waals surface area contributed by atoms with Crippen LogP contribution in [0.4, 0.5) is 10.5 Å². The summed E-state index contributed by atoms with van der Waals surface area (Å²) in [6.07, 6.45) is 1.51. The maximum atomic E-state index is 11.3. The monoisotopic (exact) mass is 417 g/mol. The predicted molar refractivity (Wildman–Crippen MR) is 119 cm³/mol. The van der Waals surface area contributed by atoms with Gasteiger partial charge in [-0.25, -0.2) is 9.78 Å². The second-order valence-electron chi connectivity index (χ2n) is 8.51. The molecule has 4 heterocycles. The number of hydrogen-bond acceptors (Lipinski definition) is 5. The van der Waals surface area contributed by atoms with Crippen molar-refractivity contribution in [3.8, 4) is 11.3 Å². The number of carbonyl (C=O) groups is 1. The van der Waals surface area contributed by atoms with Crippen molar-refractivity contribution < 1.29 is 9.53 Å². The largest absolute Gasteiger partial charge is 0.447 e. The molecule has 0 bridgehead atoms. The van der Waals surface area contributed by atoms with Crippen LogP contribution in [0, 0.1) is 6.92 Å². The molecule has 0 aliphatic carbocycles. The predicted octanol–water partition coefficient (Wildman–Crippen LogP) is 4.18. The fourth-order valence-corrected chi connectivity index (χ4v) is 4.54. The molecule has 1 amide bonds. The van der Waals surface area contributed by atoms with E-state index < -0.39 is 0 Å². The molecule has 1 N–H and O–H groups in total. The average molecular weight is 418 g/mol. The van der Waals surface area contributed by atoms with Crippen LogP contribution in [0.15, 0.2) is 42.6 Å². The maximum absolute atomic E-state index is 11.3. The van der Waals surface area contributed by atoms with Crippen molar-refractivity contribution in [3.05, 3.63) is 65.4 Å². The number of nitrogens with zero attached hydrogens (tertiary/aromatic N) is 4. The lowest BCUT2D eigenvalue weighted by Crippen LogP contribution is -2.34. The van der Waals surface area contributed by atoms with E-state index in [9.17, 15) is 4.79 Å². The highest BCUT2D eigenvalue weighted by Gasteiger charge is 2.27. The number of pyridine rings is 1. The molecule has 2 aliphatic heterocycles. The zero-order valence-electron chi connectivity index (χ0n) is 18.1. The van der Waals surface area contributed by atoms with E-state index >= 15 is 0 Å².